The number of benzene rings is 3. The second-order valence-corrected chi connectivity index (χ2v) is 7.48. The molecule has 4 nitrogen and oxygen atoms in total. The molecule has 0 saturated carbocycles. The number of amides is 1. The molecule has 0 bridgehead atoms. The van der Waals surface area contributed by atoms with Crippen molar-refractivity contribution in [3.63, 3.8) is 0 Å². The third-order valence-corrected chi connectivity index (χ3v) is 5.63. The number of hydrogen-bond donors (Lipinski definition) is 1. The molecule has 1 amide bonds. The minimum absolute atomic E-state index is 0.164. The molecule has 0 radical (unpaired) electrons. The lowest BCUT2D eigenvalue weighted by atomic mass is 10.1. The van der Waals surface area contributed by atoms with E-state index in [1.54, 1.807) is 12.1 Å². The van der Waals surface area contributed by atoms with Gasteiger partial charge in [-0.1, -0.05) is 60.1 Å². The standard InChI is InChI=1S/C22H20ClNO3S/c1-26-19-14-18(20(27-2)13-17(19)23)24-22(25)21(15-9-5-3-6-10-15)28-16-11-7-4-8-12-16/h3-14,21H,1-2H3,(H,24,25). The molecule has 0 fully saturated rings. The zero-order valence-corrected chi connectivity index (χ0v) is 17.1. The van der Waals surface area contributed by atoms with Gasteiger partial charge in [0, 0.05) is 17.0 Å². The molecule has 0 heterocycles. The molecular weight excluding hydrogens is 394 g/mol. The second kappa shape index (κ2) is 9.53. The number of hydrogen-bond acceptors (Lipinski definition) is 4. The number of halogens is 1. The van der Waals surface area contributed by atoms with Crippen molar-refractivity contribution in [2.75, 3.05) is 19.5 Å². The number of rotatable bonds is 7. The molecule has 0 aliphatic rings. The molecule has 1 N–H and O–H groups in total. The van der Waals surface area contributed by atoms with Crippen molar-refractivity contribution in [2.24, 2.45) is 0 Å². The van der Waals surface area contributed by atoms with Gasteiger partial charge in [-0.2, -0.15) is 0 Å². The molecule has 0 saturated heterocycles. The Morgan fingerprint density at radius 3 is 2.14 bits per heavy atom. The first-order valence-electron chi connectivity index (χ1n) is 8.61. The fourth-order valence-corrected chi connectivity index (χ4v) is 3.97. The van der Waals surface area contributed by atoms with E-state index in [2.05, 4.69) is 5.32 Å². The van der Waals surface area contributed by atoms with Gasteiger partial charge in [0.2, 0.25) is 5.91 Å². The molecule has 1 unspecified atom stereocenters. The zero-order chi connectivity index (χ0) is 19.9. The van der Waals surface area contributed by atoms with Gasteiger partial charge in [-0.25, -0.2) is 0 Å². The summed E-state index contributed by atoms with van der Waals surface area (Å²) in [4.78, 5) is 14.2. The number of nitrogens with one attached hydrogen (secondary N) is 1. The maximum atomic E-state index is 13.2. The first kappa shape index (κ1) is 20.1. The predicted octanol–water partition coefficient (Wildman–Crippen LogP) is 5.83. The summed E-state index contributed by atoms with van der Waals surface area (Å²) < 4.78 is 10.6. The maximum absolute atomic E-state index is 13.2. The smallest absolute Gasteiger partial charge is 0.242 e. The number of carbonyl (C=O) groups excluding carboxylic acids is 1. The van der Waals surface area contributed by atoms with E-state index < -0.39 is 5.25 Å². The first-order valence-corrected chi connectivity index (χ1v) is 9.87. The molecule has 0 aliphatic carbocycles. The Labute approximate surface area is 173 Å². The fourth-order valence-electron chi connectivity index (χ4n) is 2.69. The van der Waals surface area contributed by atoms with Crippen LogP contribution in [0.5, 0.6) is 11.5 Å². The average molecular weight is 414 g/mol. The summed E-state index contributed by atoms with van der Waals surface area (Å²) in [7, 11) is 3.05. The number of anilines is 1. The van der Waals surface area contributed by atoms with Crippen LogP contribution in [0.3, 0.4) is 0 Å². The van der Waals surface area contributed by atoms with E-state index >= 15 is 0 Å². The van der Waals surface area contributed by atoms with Crippen LogP contribution < -0.4 is 14.8 Å². The van der Waals surface area contributed by atoms with Gasteiger partial charge in [-0.05, 0) is 17.7 Å². The van der Waals surface area contributed by atoms with Crippen LogP contribution in [0.2, 0.25) is 5.02 Å². The molecular formula is C22H20ClNO3S. The molecule has 3 rings (SSSR count). The summed E-state index contributed by atoms with van der Waals surface area (Å²) in [6, 6.07) is 22.8. The number of ether oxygens (including phenoxy) is 2. The van der Waals surface area contributed by atoms with Crippen LogP contribution in [-0.2, 0) is 4.79 Å². The van der Waals surface area contributed by atoms with Crippen molar-refractivity contribution in [3.05, 3.63) is 83.4 Å². The Hall–Kier alpha value is -2.63. The Balaban J connectivity index is 1.92. The van der Waals surface area contributed by atoms with Crippen molar-refractivity contribution >= 4 is 35.0 Å². The van der Waals surface area contributed by atoms with Crippen LogP contribution >= 0.6 is 23.4 Å². The van der Waals surface area contributed by atoms with Crippen LogP contribution in [0.15, 0.2) is 77.7 Å². The van der Waals surface area contributed by atoms with Crippen molar-refractivity contribution in [1.82, 2.24) is 0 Å². The Morgan fingerprint density at radius 1 is 0.929 bits per heavy atom. The van der Waals surface area contributed by atoms with Gasteiger partial charge in [-0.3, -0.25) is 4.79 Å². The van der Waals surface area contributed by atoms with Gasteiger partial charge in [0.05, 0.1) is 24.9 Å². The van der Waals surface area contributed by atoms with Crippen LogP contribution in [0.25, 0.3) is 0 Å². The minimum atomic E-state index is -0.435. The Kier molecular flexibility index (Phi) is 6.85. The highest BCUT2D eigenvalue weighted by atomic mass is 35.5. The molecule has 144 valence electrons. The monoisotopic (exact) mass is 413 g/mol. The molecule has 0 aromatic heterocycles. The zero-order valence-electron chi connectivity index (χ0n) is 15.5. The van der Waals surface area contributed by atoms with E-state index in [0.29, 0.717) is 22.2 Å². The first-order chi connectivity index (χ1) is 13.6. The van der Waals surface area contributed by atoms with E-state index in [1.165, 1.54) is 26.0 Å². The highest BCUT2D eigenvalue weighted by Gasteiger charge is 2.23. The van der Waals surface area contributed by atoms with Crippen LogP contribution in [-0.4, -0.2) is 20.1 Å². The Bertz CT molecular complexity index is 935. The SMILES string of the molecule is COc1cc(NC(=O)C(Sc2ccccc2)c2ccccc2)c(OC)cc1Cl. The van der Waals surface area contributed by atoms with Crippen LogP contribution in [0, 0.1) is 0 Å². The lowest BCUT2D eigenvalue weighted by molar-refractivity contribution is -0.115. The molecule has 6 heteroatoms. The average Bonchev–Trinajstić information content (AvgIpc) is 2.74. The van der Waals surface area contributed by atoms with Gasteiger partial charge >= 0.3 is 0 Å². The predicted molar refractivity (Wildman–Crippen MR) is 115 cm³/mol. The molecule has 0 aliphatic heterocycles. The molecule has 3 aromatic carbocycles. The highest BCUT2D eigenvalue weighted by Crippen LogP contribution is 2.39. The Morgan fingerprint density at radius 2 is 1.54 bits per heavy atom. The van der Waals surface area contributed by atoms with Crippen LogP contribution in [0.1, 0.15) is 10.8 Å². The lowest BCUT2D eigenvalue weighted by Gasteiger charge is -2.19. The van der Waals surface area contributed by atoms with Crippen molar-refractivity contribution < 1.29 is 14.3 Å². The summed E-state index contributed by atoms with van der Waals surface area (Å²) in [5, 5.41) is 2.94. The fraction of sp³-hybridized carbons (Fsp3) is 0.136. The summed E-state index contributed by atoms with van der Waals surface area (Å²) in [5.74, 6) is 0.767. The van der Waals surface area contributed by atoms with Crippen molar-refractivity contribution in [1.29, 1.82) is 0 Å². The van der Waals surface area contributed by atoms with E-state index in [1.807, 2.05) is 60.7 Å². The molecule has 3 aromatic rings. The van der Waals surface area contributed by atoms with Gasteiger partial charge in [0.25, 0.3) is 0 Å². The van der Waals surface area contributed by atoms with E-state index in [0.717, 1.165) is 10.5 Å². The van der Waals surface area contributed by atoms with Gasteiger partial charge in [-0.15, -0.1) is 11.8 Å². The van der Waals surface area contributed by atoms with Gasteiger partial charge < -0.3 is 14.8 Å². The van der Waals surface area contributed by atoms with E-state index in [4.69, 9.17) is 21.1 Å². The normalized spacial score (nSPS) is 11.5. The molecule has 1 atom stereocenters. The van der Waals surface area contributed by atoms with Crippen molar-refractivity contribution in [3.8, 4) is 11.5 Å². The quantitative estimate of drug-likeness (QED) is 0.495. The lowest BCUT2D eigenvalue weighted by Crippen LogP contribution is -2.19. The summed E-state index contributed by atoms with van der Waals surface area (Å²) >= 11 is 7.65. The molecule has 28 heavy (non-hydrogen) atoms. The summed E-state index contributed by atoms with van der Waals surface area (Å²) in [6.07, 6.45) is 0. The van der Waals surface area contributed by atoms with Crippen molar-refractivity contribution in [2.45, 2.75) is 10.1 Å². The third kappa shape index (κ3) is 4.80. The number of methoxy groups -OCH3 is 2. The second-order valence-electron chi connectivity index (χ2n) is 5.90. The molecule has 0 spiro atoms. The van der Waals surface area contributed by atoms with Gasteiger partial charge in [0.1, 0.15) is 16.7 Å². The van der Waals surface area contributed by atoms with Gasteiger partial charge in [0.15, 0.2) is 0 Å². The largest absolute Gasteiger partial charge is 0.495 e. The minimum Gasteiger partial charge on any atom is -0.495 e. The summed E-state index contributed by atoms with van der Waals surface area (Å²) in [6.45, 7) is 0. The highest BCUT2D eigenvalue weighted by molar-refractivity contribution is 8.00. The van der Waals surface area contributed by atoms with E-state index in [9.17, 15) is 4.79 Å². The summed E-state index contributed by atoms with van der Waals surface area (Å²) in [5.41, 5.74) is 1.41. The number of thioether (sulfide) groups is 1. The third-order valence-electron chi connectivity index (χ3n) is 4.07. The maximum Gasteiger partial charge on any atom is 0.242 e. The number of carbonyl (C=O) groups is 1. The van der Waals surface area contributed by atoms with E-state index in [-0.39, 0.29) is 5.91 Å². The van der Waals surface area contributed by atoms with Crippen LogP contribution in [0.4, 0.5) is 5.69 Å². The topological polar surface area (TPSA) is 47.6 Å².